The summed E-state index contributed by atoms with van der Waals surface area (Å²) in [6.45, 7) is 5.56. The predicted molar refractivity (Wildman–Crippen MR) is 44.3 cm³/mol. The molecule has 4 nitrogen and oxygen atoms in total. The number of rotatable bonds is 2. The van der Waals surface area contributed by atoms with Crippen LogP contribution in [0.1, 0.15) is 20.8 Å². The van der Waals surface area contributed by atoms with E-state index in [9.17, 15) is 4.57 Å². The van der Waals surface area contributed by atoms with E-state index in [4.69, 9.17) is 15.5 Å². The summed E-state index contributed by atoms with van der Waals surface area (Å²) in [6.07, 6.45) is -0.240. The maximum atomic E-state index is 10.5. The van der Waals surface area contributed by atoms with E-state index in [1.165, 1.54) is 0 Å². The molecule has 11 heavy (non-hydrogen) atoms. The average Bonchev–Trinajstić information content (AvgIpc) is 1.56. The Balaban J connectivity index is 4.10. The van der Waals surface area contributed by atoms with E-state index in [0.29, 0.717) is 0 Å². The zero-order valence-corrected chi connectivity index (χ0v) is 8.01. The fourth-order valence-electron chi connectivity index (χ4n) is 0.530. The topological polar surface area (TPSA) is 83.6 Å². The first kappa shape index (κ1) is 11.1. The van der Waals surface area contributed by atoms with Crippen LogP contribution in [-0.2, 0) is 4.57 Å². The van der Waals surface area contributed by atoms with Crippen molar-refractivity contribution in [3.8, 4) is 0 Å². The molecule has 0 bridgehead atoms. The van der Waals surface area contributed by atoms with E-state index in [-0.39, 0.29) is 11.6 Å². The maximum Gasteiger partial charge on any atom is 0.327 e. The SMILES string of the molecule is CC(C)(C)[C@H](N)CP(=O)(O)O. The Hall–Kier alpha value is 0.110. The Morgan fingerprint density at radius 1 is 1.45 bits per heavy atom. The lowest BCUT2D eigenvalue weighted by molar-refractivity contribution is 0.312. The molecule has 68 valence electrons. The summed E-state index contributed by atoms with van der Waals surface area (Å²) in [7, 11) is -3.94. The summed E-state index contributed by atoms with van der Waals surface area (Å²) in [4.78, 5) is 17.2. The van der Waals surface area contributed by atoms with Crippen LogP contribution in [0.25, 0.3) is 0 Å². The van der Waals surface area contributed by atoms with Crippen LogP contribution in [0.3, 0.4) is 0 Å². The first-order chi connectivity index (χ1) is 4.63. The molecule has 0 unspecified atom stereocenters. The van der Waals surface area contributed by atoms with Gasteiger partial charge in [0.25, 0.3) is 0 Å². The fourth-order valence-corrected chi connectivity index (χ4v) is 1.59. The average molecular weight is 181 g/mol. The molecular formula is C6H16NO3P. The van der Waals surface area contributed by atoms with E-state index in [0.717, 1.165) is 0 Å². The normalized spacial score (nSPS) is 16.5. The minimum atomic E-state index is -3.94. The van der Waals surface area contributed by atoms with Gasteiger partial charge in [-0.1, -0.05) is 20.8 Å². The monoisotopic (exact) mass is 181 g/mol. The lowest BCUT2D eigenvalue weighted by atomic mass is 9.89. The van der Waals surface area contributed by atoms with Crippen LogP contribution in [-0.4, -0.2) is 22.0 Å². The maximum absolute atomic E-state index is 10.5. The molecule has 0 aromatic carbocycles. The highest BCUT2D eigenvalue weighted by Gasteiger charge is 2.27. The van der Waals surface area contributed by atoms with Gasteiger partial charge >= 0.3 is 7.60 Å². The summed E-state index contributed by atoms with van der Waals surface area (Å²) in [5.41, 5.74) is 5.30. The third-order valence-electron chi connectivity index (χ3n) is 1.55. The molecule has 0 saturated heterocycles. The van der Waals surface area contributed by atoms with Crippen LogP contribution in [0.4, 0.5) is 0 Å². The second kappa shape index (κ2) is 3.23. The minimum absolute atomic E-state index is 0.240. The quantitative estimate of drug-likeness (QED) is 0.543. The summed E-state index contributed by atoms with van der Waals surface area (Å²) in [5, 5.41) is 0. The van der Waals surface area contributed by atoms with Gasteiger partial charge in [-0.2, -0.15) is 0 Å². The molecule has 1 atom stereocenters. The molecular weight excluding hydrogens is 165 g/mol. The van der Waals surface area contributed by atoms with Crippen molar-refractivity contribution >= 4 is 7.60 Å². The number of nitrogens with two attached hydrogens (primary N) is 1. The minimum Gasteiger partial charge on any atom is -0.327 e. The van der Waals surface area contributed by atoms with Gasteiger partial charge in [0, 0.05) is 6.04 Å². The molecule has 5 heteroatoms. The highest BCUT2D eigenvalue weighted by molar-refractivity contribution is 7.51. The molecule has 0 aromatic heterocycles. The van der Waals surface area contributed by atoms with Gasteiger partial charge in [0.15, 0.2) is 0 Å². The van der Waals surface area contributed by atoms with Crippen LogP contribution in [0.5, 0.6) is 0 Å². The molecule has 0 heterocycles. The molecule has 0 rings (SSSR count). The highest BCUT2D eigenvalue weighted by Crippen LogP contribution is 2.37. The van der Waals surface area contributed by atoms with Crippen molar-refractivity contribution in [2.45, 2.75) is 26.8 Å². The van der Waals surface area contributed by atoms with Crippen LogP contribution in [0.2, 0.25) is 0 Å². The third-order valence-corrected chi connectivity index (χ3v) is 2.42. The molecule has 0 saturated carbocycles. The van der Waals surface area contributed by atoms with E-state index in [2.05, 4.69) is 0 Å². The van der Waals surface area contributed by atoms with Crippen molar-refractivity contribution < 1.29 is 14.4 Å². The van der Waals surface area contributed by atoms with Crippen molar-refractivity contribution in [1.82, 2.24) is 0 Å². The smallest absolute Gasteiger partial charge is 0.327 e. The lowest BCUT2D eigenvalue weighted by Crippen LogP contribution is -2.38. The van der Waals surface area contributed by atoms with E-state index in [1.807, 2.05) is 20.8 Å². The van der Waals surface area contributed by atoms with Crippen LogP contribution in [0, 0.1) is 5.41 Å². The molecule has 0 aromatic rings. The molecule has 0 fully saturated rings. The summed E-state index contributed by atoms with van der Waals surface area (Å²) < 4.78 is 10.5. The lowest BCUT2D eigenvalue weighted by Gasteiger charge is -2.26. The molecule has 0 aliphatic carbocycles. The van der Waals surface area contributed by atoms with Crippen LogP contribution < -0.4 is 5.73 Å². The zero-order valence-electron chi connectivity index (χ0n) is 7.11. The predicted octanol–water partition coefficient (Wildman–Crippen LogP) is 0.537. The Bertz CT molecular complexity index is 169. The first-order valence-corrected chi connectivity index (χ1v) is 5.23. The Labute approximate surface area is 67.0 Å². The van der Waals surface area contributed by atoms with Crippen molar-refractivity contribution in [3.05, 3.63) is 0 Å². The Kier molecular flexibility index (Phi) is 3.27. The van der Waals surface area contributed by atoms with Crippen LogP contribution in [0.15, 0.2) is 0 Å². The van der Waals surface area contributed by atoms with Crippen molar-refractivity contribution in [2.75, 3.05) is 6.16 Å². The number of hydrogen-bond acceptors (Lipinski definition) is 2. The molecule has 0 amide bonds. The Morgan fingerprint density at radius 3 is 1.91 bits per heavy atom. The standard InChI is InChI=1S/C6H16NO3P/c1-6(2,3)5(7)4-11(8,9)10/h5H,4,7H2,1-3H3,(H2,8,9,10)/t5-/m1/s1. The largest absolute Gasteiger partial charge is 0.327 e. The molecule has 0 aliphatic heterocycles. The molecule has 0 radical (unpaired) electrons. The van der Waals surface area contributed by atoms with Crippen molar-refractivity contribution in [1.29, 1.82) is 0 Å². The van der Waals surface area contributed by atoms with Crippen molar-refractivity contribution in [3.63, 3.8) is 0 Å². The van der Waals surface area contributed by atoms with E-state index < -0.39 is 13.6 Å². The number of hydrogen-bond donors (Lipinski definition) is 3. The molecule has 4 N–H and O–H groups in total. The van der Waals surface area contributed by atoms with Gasteiger partial charge in [-0.15, -0.1) is 0 Å². The molecule has 0 aliphatic rings. The van der Waals surface area contributed by atoms with Gasteiger partial charge in [-0.3, -0.25) is 4.57 Å². The first-order valence-electron chi connectivity index (χ1n) is 3.43. The molecule has 0 spiro atoms. The second-order valence-corrected chi connectivity index (χ2v) is 5.51. The second-order valence-electron chi connectivity index (χ2n) is 3.82. The van der Waals surface area contributed by atoms with E-state index >= 15 is 0 Å². The van der Waals surface area contributed by atoms with E-state index in [1.54, 1.807) is 0 Å². The van der Waals surface area contributed by atoms with Crippen molar-refractivity contribution in [2.24, 2.45) is 11.1 Å². The van der Waals surface area contributed by atoms with Gasteiger partial charge in [0.1, 0.15) is 0 Å². The van der Waals surface area contributed by atoms with Gasteiger partial charge in [-0.05, 0) is 5.41 Å². The third kappa shape index (κ3) is 5.39. The Morgan fingerprint density at radius 2 is 1.82 bits per heavy atom. The van der Waals surface area contributed by atoms with Crippen LogP contribution >= 0.6 is 7.60 Å². The van der Waals surface area contributed by atoms with Gasteiger partial charge < -0.3 is 15.5 Å². The van der Waals surface area contributed by atoms with Gasteiger partial charge in [0.05, 0.1) is 6.16 Å². The van der Waals surface area contributed by atoms with Gasteiger partial charge in [0.2, 0.25) is 0 Å². The summed E-state index contributed by atoms with van der Waals surface area (Å²) in [5.74, 6) is 0. The summed E-state index contributed by atoms with van der Waals surface area (Å²) >= 11 is 0. The summed E-state index contributed by atoms with van der Waals surface area (Å²) in [6, 6.07) is -0.455. The fraction of sp³-hybridized carbons (Fsp3) is 1.00. The zero-order chi connectivity index (χ0) is 9.28. The van der Waals surface area contributed by atoms with Gasteiger partial charge in [-0.25, -0.2) is 0 Å². The highest BCUT2D eigenvalue weighted by atomic mass is 31.2.